The van der Waals surface area contributed by atoms with Gasteiger partial charge in [0.2, 0.25) is 0 Å². The lowest BCUT2D eigenvalue weighted by atomic mass is 10.1. The minimum absolute atomic E-state index is 0.289. The molecule has 1 atom stereocenters. The Labute approximate surface area is 214 Å². The molecule has 0 aliphatic carbocycles. The van der Waals surface area contributed by atoms with E-state index in [1.807, 2.05) is 36.4 Å². The first-order valence-electron chi connectivity index (χ1n) is 11.2. The normalized spacial score (nSPS) is 11.8. The maximum absolute atomic E-state index is 13.2. The third kappa shape index (κ3) is 5.02. The smallest absolute Gasteiger partial charge is 0.339 e. The molecular formula is C27H20FN3O3S2. The molecule has 1 N–H and O–H groups in total. The standard InChI is InChI=1S/C27H20FN3O3S2/c1-2-22(24(32)31-27-30-21(15-35-27)16-11-13-17(28)14-12-16)34-26(33)19-8-4-3-7-18(19)25-29-20-9-5-6-10-23(20)36-25/h3-15,22H,2H2,1H3,(H,30,31,32). The lowest BCUT2D eigenvalue weighted by Crippen LogP contribution is -2.32. The number of esters is 1. The first kappa shape index (κ1) is 23.8. The molecule has 0 bridgehead atoms. The Morgan fingerprint density at radius 3 is 2.53 bits per heavy atom. The Balaban J connectivity index is 1.31. The molecule has 0 saturated carbocycles. The highest BCUT2D eigenvalue weighted by atomic mass is 32.1. The molecule has 0 fully saturated rings. The number of fused-ring (bicyclic) bond motifs is 1. The molecule has 1 amide bonds. The fraction of sp³-hybridized carbons (Fsp3) is 0.111. The summed E-state index contributed by atoms with van der Waals surface area (Å²) in [4.78, 5) is 35.1. The van der Waals surface area contributed by atoms with E-state index in [4.69, 9.17) is 4.74 Å². The predicted octanol–water partition coefficient (Wildman–Crippen LogP) is 6.80. The number of benzene rings is 3. The first-order valence-corrected chi connectivity index (χ1v) is 12.9. The number of rotatable bonds is 7. The predicted molar refractivity (Wildman–Crippen MR) is 141 cm³/mol. The van der Waals surface area contributed by atoms with Gasteiger partial charge in [0, 0.05) is 16.5 Å². The van der Waals surface area contributed by atoms with Gasteiger partial charge >= 0.3 is 5.97 Å². The van der Waals surface area contributed by atoms with Gasteiger partial charge in [-0.1, -0.05) is 37.3 Å². The summed E-state index contributed by atoms with van der Waals surface area (Å²) in [5.74, 6) is -1.40. The first-order chi connectivity index (χ1) is 17.5. The number of thiazole rings is 2. The fourth-order valence-electron chi connectivity index (χ4n) is 3.62. The van der Waals surface area contributed by atoms with E-state index in [1.54, 1.807) is 36.6 Å². The van der Waals surface area contributed by atoms with E-state index in [-0.39, 0.29) is 12.2 Å². The van der Waals surface area contributed by atoms with E-state index in [1.165, 1.54) is 34.8 Å². The summed E-state index contributed by atoms with van der Waals surface area (Å²) in [5.41, 5.74) is 3.21. The van der Waals surface area contributed by atoms with Crippen molar-refractivity contribution in [2.75, 3.05) is 5.32 Å². The maximum atomic E-state index is 13.2. The van der Waals surface area contributed by atoms with Gasteiger partial charge in [-0.15, -0.1) is 22.7 Å². The Morgan fingerprint density at radius 1 is 1.00 bits per heavy atom. The summed E-state index contributed by atoms with van der Waals surface area (Å²) in [5, 5.41) is 5.56. The van der Waals surface area contributed by atoms with Gasteiger partial charge in [0.05, 0.1) is 21.5 Å². The number of nitrogens with zero attached hydrogens (tertiary/aromatic N) is 2. The van der Waals surface area contributed by atoms with Gasteiger partial charge in [-0.3, -0.25) is 10.1 Å². The maximum Gasteiger partial charge on any atom is 0.339 e. The van der Waals surface area contributed by atoms with Crippen LogP contribution < -0.4 is 5.32 Å². The summed E-state index contributed by atoms with van der Waals surface area (Å²) >= 11 is 2.73. The van der Waals surface area contributed by atoms with Crippen molar-refractivity contribution in [1.29, 1.82) is 0 Å². The number of anilines is 1. The van der Waals surface area contributed by atoms with Crippen LogP contribution in [-0.2, 0) is 9.53 Å². The van der Waals surface area contributed by atoms with Crippen molar-refractivity contribution < 1.29 is 18.7 Å². The number of amides is 1. The van der Waals surface area contributed by atoms with Gasteiger partial charge in [-0.25, -0.2) is 19.2 Å². The number of para-hydroxylation sites is 1. The van der Waals surface area contributed by atoms with Gasteiger partial charge in [-0.05, 0) is 48.9 Å². The Kier molecular flexibility index (Phi) is 6.84. The molecule has 2 aromatic heterocycles. The minimum Gasteiger partial charge on any atom is -0.449 e. The van der Waals surface area contributed by atoms with Crippen LogP contribution in [0.1, 0.15) is 23.7 Å². The number of aromatic nitrogens is 2. The van der Waals surface area contributed by atoms with Crippen LogP contribution in [0.5, 0.6) is 0 Å². The number of nitrogens with one attached hydrogen (secondary N) is 1. The SMILES string of the molecule is CCC(OC(=O)c1ccccc1-c1nc2ccccc2s1)C(=O)Nc1nc(-c2ccc(F)cc2)cs1. The van der Waals surface area contributed by atoms with E-state index >= 15 is 0 Å². The molecule has 0 aliphatic rings. The Bertz CT molecular complexity index is 1510. The Morgan fingerprint density at radius 2 is 1.75 bits per heavy atom. The molecule has 6 nitrogen and oxygen atoms in total. The average molecular weight is 518 g/mol. The molecule has 5 rings (SSSR count). The summed E-state index contributed by atoms with van der Waals surface area (Å²) in [6.07, 6.45) is -0.712. The summed E-state index contributed by atoms with van der Waals surface area (Å²) in [7, 11) is 0. The molecule has 0 spiro atoms. The fourth-order valence-corrected chi connectivity index (χ4v) is 5.35. The molecule has 2 heterocycles. The second-order valence-corrected chi connectivity index (χ2v) is 9.76. The van der Waals surface area contributed by atoms with E-state index in [2.05, 4.69) is 15.3 Å². The van der Waals surface area contributed by atoms with Crippen LogP contribution in [0.25, 0.3) is 32.0 Å². The van der Waals surface area contributed by atoms with Gasteiger partial charge in [0.15, 0.2) is 11.2 Å². The zero-order chi connectivity index (χ0) is 25.1. The third-order valence-electron chi connectivity index (χ3n) is 5.46. The zero-order valence-electron chi connectivity index (χ0n) is 19.1. The molecule has 180 valence electrons. The highest BCUT2D eigenvalue weighted by Crippen LogP contribution is 2.32. The summed E-state index contributed by atoms with van der Waals surface area (Å²) < 4.78 is 19.8. The monoisotopic (exact) mass is 517 g/mol. The van der Waals surface area contributed by atoms with Crippen LogP contribution in [0, 0.1) is 5.82 Å². The topological polar surface area (TPSA) is 81.2 Å². The number of hydrogen-bond donors (Lipinski definition) is 1. The lowest BCUT2D eigenvalue weighted by molar-refractivity contribution is -0.124. The van der Waals surface area contributed by atoms with E-state index in [9.17, 15) is 14.0 Å². The van der Waals surface area contributed by atoms with Crippen molar-refractivity contribution in [2.45, 2.75) is 19.4 Å². The molecular weight excluding hydrogens is 497 g/mol. The molecule has 0 radical (unpaired) electrons. The molecule has 1 unspecified atom stereocenters. The quantitative estimate of drug-likeness (QED) is 0.240. The van der Waals surface area contributed by atoms with E-state index in [0.717, 1.165) is 15.8 Å². The van der Waals surface area contributed by atoms with Crippen LogP contribution in [0.2, 0.25) is 0 Å². The molecule has 3 aromatic carbocycles. The van der Waals surface area contributed by atoms with Crippen molar-refractivity contribution in [3.05, 3.63) is 89.6 Å². The van der Waals surface area contributed by atoms with Crippen molar-refractivity contribution >= 4 is 49.9 Å². The summed E-state index contributed by atoms with van der Waals surface area (Å²) in [6.45, 7) is 1.77. The highest BCUT2D eigenvalue weighted by Gasteiger charge is 2.25. The largest absolute Gasteiger partial charge is 0.449 e. The molecule has 0 aliphatic heterocycles. The van der Waals surface area contributed by atoms with Gasteiger partial charge in [-0.2, -0.15) is 0 Å². The van der Waals surface area contributed by atoms with Crippen LogP contribution in [-0.4, -0.2) is 27.9 Å². The average Bonchev–Trinajstić information content (AvgIpc) is 3.54. The van der Waals surface area contributed by atoms with E-state index in [0.29, 0.717) is 27.0 Å². The van der Waals surface area contributed by atoms with Crippen LogP contribution in [0.15, 0.2) is 78.2 Å². The van der Waals surface area contributed by atoms with Crippen LogP contribution in [0.3, 0.4) is 0 Å². The second kappa shape index (κ2) is 10.3. The van der Waals surface area contributed by atoms with Crippen LogP contribution in [0.4, 0.5) is 9.52 Å². The third-order valence-corrected chi connectivity index (χ3v) is 7.29. The van der Waals surface area contributed by atoms with Crippen molar-refractivity contribution in [1.82, 2.24) is 9.97 Å². The van der Waals surface area contributed by atoms with Gasteiger partial charge in [0.25, 0.3) is 5.91 Å². The van der Waals surface area contributed by atoms with Gasteiger partial charge < -0.3 is 4.74 Å². The number of hydrogen-bond acceptors (Lipinski definition) is 7. The zero-order valence-corrected chi connectivity index (χ0v) is 20.7. The molecule has 36 heavy (non-hydrogen) atoms. The van der Waals surface area contributed by atoms with Crippen molar-refractivity contribution in [3.8, 4) is 21.8 Å². The summed E-state index contributed by atoms with van der Waals surface area (Å²) in [6, 6.07) is 20.8. The van der Waals surface area contributed by atoms with E-state index < -0.39 is 18.0 Å². The van der Waals surface area contributed by atoms with Gasteiger partial charge in [0.1, 0.15) is 10.8 Å². The Hall–Kier alpha value is -3.95. The second-order valence-electron chi connectivity index (χ2n) is 7.87. The number of carbonyl (C=O) groups is 2. The van der Waals surface area contributed by atoms with Crippen LogP contribution >= 0.6 is 22.7 Å². The lowest BCUT2D eigenvalue weighted by Gasteiger charge is -2.16. The number of halogens is 1. The molecule has 5 aromatic rings. The molecule has 0 saturated heterocycles. The van der Waals surface area contributed by atoms with Crippen molar-refractivity contribution in [2.24, 2.45) is 0 Å². The number of carbonyl (C=O) groups excluding carboxylic acids is 2. The number of ether oxygens (including phenoxy) is 1. The molecule has 9 heteroatoms. The minimum atomic E-state index is -1.00. The highest BCUT2D eigenvalue weighted by molar-refractivity contribution is 7.21. The van der Waals surface area contributed by atoms with Crippen molar-refractivity contribution in [3.63, 3.8) is 0 Å².